The Bertz CT molecular complexity index is 979. The molecular formula is C20H20N4O2S2. The number of hydrogen-bond donors (Lipinski definition) is 2. The second kappa shape index (κ2) is 8.99. The summed E-state index contributed by atoms with van der Waals surface area (Å²) < 4.78 is 0. The minimum Gasteiger partial charge on any atom is -0.267 e. The average Bonchev–Trinajstić information content (AvgIpc) is 3.10. The molecule has 0 fully saturated rings. The van der Waals surface area contributed by atoms with Crippen LogP contribution in [-0.2, 0) is 5.75 Å². The molecule has 0 saturated heterocycles. The van der Waals surface area contributed by atoms with Crippen molar-refractivity contribution >= 4 is 34.9 Å². The number of amides is 2. The van der Waals surface area contributed by atoms with Crippen molar-refractivity contribution < 1.29 is 9.59 Å². The van der Waals surface area contributed by atoms with E-state index in [0.29, 0.717) is 16.2 Å². The number of thiophene rings is 1. The SMILES string of the molecule is Cc1cc(C)nc(SCc2ccc(C(=O)NNC(=O)c3sccc3C)cc2)n1. The molecule has 0 atom stereocenters. The molecule has 28 heavy (non-hydrogen) atoms. The molecule has 2 N–H and O–H groups in total. The minimum absolute atomic E-state index is 0.317. The number of carbonyl (C=O) groups excluding carboxylic acids is 2. The number of nitrogens with one attached hydrogen (secondary N) is 2. The first-order chi connectivity index (χ1) is 13.4. The first-order valence-corrected chi connectivity index (χ1v) is 10.5. The highest BCUT2D eigenvalue weighted by Crippen LogP contribution is 2.20. The fourth-order valence-corrected chi connectivity index (χ4v) is 4.23. The summed E-state index contributed by atoms with van der Waals surface area (Å²) in [5, 5.41) is 2.58. The van der Waals surface area contributed by atoms with E-state index in [2.05, 4.69) is 20.8 Å². The van der Waals surface area contributed by atoms with Crippen molar-refractivity contribution in [1.82, 2.24) is 20.8 Å². The Balaban J connectivity index is 1.54. The zero-order chi connectivity index (χ0) is 20.1. The summed E-state index contributed by atoms with van der Waals surface area (Å²) in [6.45, 7) is 5.75. The molecule has 3 rings (SSSR count). The molecule has 0 spiro atoms. The lowest BCUT2D eigenvalue weighted by atomic mass is 10.1. The Hall–Kier alpha value is -2.71. The lowest BCUT2D eigenvalue weighted by Crippen LogP contribution is -2.41. The van der Waals surface area contributed by atoms with Gasteiger partial charge >= 0.3 is 0 Å². The molecule has 0 saturated carbocycles. The highest BCUT2D eigenvalue weighted by atomic mass is 32.2. The van der Waals surface area contributed by atoms with Crippen molar-refractivity contribution in [3.8, 4) is 0 Å². The highest BCUT2D eigenvalue weighted by molar-refractivity contribution is 7.98. The summed E-state index contributed by atoms with van der Waals surface area (Å²) in [7, 11) is 0. The van der Waals surface area contributed by atoms with Crippen LogP contribution in [0.2, 0.25) is 0 Å². The normalized spacial score (nSPS) is 10.5. The maximum atomic E-state index is 12.2. The molecule has 1 aromatic carbocycles. The number of hydrogen-bond acceptors (Lipinski definition) is 6. The van der Waals surface area contributed by atoms with E-state index in [1.54, 1.807) is 23.9 Å². The van der Waals surface area contributed by atoms with Crippen LogP contribution >= 0.6 is 23.1 Å². The molecular weight excluding hydrogens is 392 g/mol. The third-order valence-corrected chi connectivity index (χ3v) is 5.84. The van der Waals surface area contributed by atoms with Gasteiger partial charge in [0.2, 0.25) is 0 Å². The van der Waals surface area contributed by atoms with Gasteiger partial charge in [-0.2, -0.15) is 0 Å². The number of hydrazine groups is 1. The molecule has 0 unspecified atom stereocenters. The van der Waals surface area contributed by atoms with E-state index < -0.39 is 0 Å². The molecule has 8 heteroatoms. The van der Waals surface area contributed by atoms with E-state index in [4.69, 9.17) is 0 Å². The average molecular weight is 413 g/mol. The zero-order valence-corrected chi connectivity index (χ0v) is 17.4. The van der Waals surface area contributed by atoms with E-state index in [9.17, 15) is 9.59 Å². The first kappa shape index (κ1) is 20.0. The molecule has 0 aliphatic rings. The summed E-state index contributed by atoms with van der Waals surface area (Å²) >= 11 is 2.89. The predicted octanol–water partition coefficient (Wildman–Crippen LogP) is 3.83. The van der Waals surface area contributed by atoms with Crippen molar-refractivity contribution in [3.63, 3.8) is 0 Å². The first-order valence-electron chi connectivity index (χ1n) is 8.61. The topological polar surface area (TPSA) is 84.0 Å². The predicted molar refractivity (Wildman–Crippen MR) is 111 cm³/mol. The molecule has 0 bridgehead atoms. The van der Waals surface area contributed by atoms with Crippen molar-refractivity contribution in [3.05, 3.63) is 74.7 Å². The van der Waals surface area contributed by atoms with Crippen LogP contribution < -0.4 is 10.9 Å². The fraction of sp³-hybridized carbons (Fsp3) is 0.200. The molecule has 144 valence electrons. The fourth-order valence-electron chi connectivity index (χ4n) is 2.51. The zero-order valence-electron chi connectivity index (χ0n) is 15.8. The van der Waals surface area contributed by atoms with Crippen LogP contribution in [0.3, 0.4) is 0 Å². The number of thioether (sulfide) groups is 1. The van der Waals surface area contributed by atoms with Crippen LogP contribution in [0, 0.1) is 20.8 Å². The van der Waals surface area contributed by atoms with Crippen LogP contribution in [0.15, 0.2) is 46.9 Å². The minimum atomic E-state index is -0.362. The van der Waals surface area contributed by atoms with Gasteiger partial charge in [-0.1, -0.05) is 23.9 Å². The quantitative estimate of drug-likeness (QED) is 0.378. The third-order valence-electron chi connectivity index (χ3n) is 3.90. The van der Waals surface area contributed by atoms with Gasteiger partial charge in [0.25, 0.3) is 11.8 Å². The van der Waals surface area contributed by atoms with Crippen LogP contribution in [0.25, 0.3) is 0 Å². The van der Waals surface area contributed by atoms with E-state index in [0.717, 1.165) is 27.7 Å². The summed E-state index contributed by atoms with van der Waals surface area (Å²) in [5.41, 5.74) is 9.20. The molecule has 3 aromatic rings. The summed E-state index contributed by atoms with van der Waals surface area (Å²) in [6.07, 6.45) is 0. The van der Waals surface area contributed by atoms with Crippen LogP contribution in [-0.4, -0.2) is 21.8 Å². The summed E-state index contributed by atoms with van der Waals surface area (Å²) in [6, 6.07) is 11.0. The Morgan fingerprint density at radius 1 is 0.964 bits per heavy atom. The Labute approximate surface area is 171 Å². The van der Waals surface area contributed by atoms with Crippen LogP contribution in [0.4, 0.5) is 0 Å². The van der Waals surface area contributed by atoms with Crippen molar-refractivity contribution in [2.24, 2.45) is 0 Å². The molecule has 0 aliphatic carbocycles. The molecule has 6 nitrogen and oxygen atoms in total. The standard InChI is InChI=1S/C20H20N4O2S2/c1-12-8-9-27-17(12)19(26)24-23-18(25)16-6-4-15(5-7-16)11-28-20-21-13(2)10-14(3)22-20/h4-10H,11H2,1-3H3,(H,23,25)(H,24,26). The van der Waals surface area contributed by atoms with E-state index >= 15 is 0 Å². The Morgan fingerprint density at radius 3 is 2.21 bits per heavy atom. The monoisotopic (exact) mass is 412 g/mol. The lowest BCUT2D eigenvalue weighted by molar-refractivity contribution is 0.0848. The van der Waals surface area contributed by atoms with E-state index in [1.807, 2.05) is 50.4 Å². The molecule has 2 aromatic heterocycles. The molecule has 2 amide bonds. The lowest BCUT2D eigenvalue weighted by Gasteiger charge is -2.08. The van der Waals surface area contributed by atoms with Gasteiger partial charge in [-0.15, -0.1) is 11.3 Å². The summed E-state index contributed by atoms with van der Waals surface area (Å²) in [4.78, 5) is 33.7. The number of aromatic nitrogens is 2. The van der Waals surface area contributed by atoms with Crippen molar-refractivity contribution in [2.45, 2.75) is 31.7 Å². The number of carbonyl (C=O) groups is 2. The number of nitrogens with zero attached hydrogens (tertiary/aromatic N) is 2. The Kier molecular flexibility index (Phi) is 6.43. The van der Waals surface area contributed by atoms with Crippen LogP contribution in [0.1, 0.15) is 42.5 Å². The van der Waals surface area contributed by atoms with Gasteiger partial charge in [-0.3, -0.25) is 20.4 Å². The van der Waals surface area contributed by atoms with Gasteiger partial charge in [0.05, 0.1) is 4.88 Å². The number of benzene rings is 1. The van der Waals surface area contributed by atoms with E-state index in [1.165, 1.54) is 11.3 Å². The van der Waals surface area contributed by atoms with Gasteiger partial charge in [0, 0.05) is 22.7 Å². The van der Waals surface area contributed by atoms with Gasteiger partial charge in [-0.05, 0) is 61.5 Å². The molecule has 0 radical (unpaired) electrons. The second-order valence-electron chi connectivity index (χ2n) is 6.26. The Morgan fingerprint density at radius 2 is 1.61 bits per heavy atom. The van der Waals surface area contributed by atoms with Gasteiger partial charge in [0.15, 0.2) is 5.16 Å². The summed E-state index contributed by atoms with van der Waals surface area (Å²) in [5.74, 6) is 0.0286. The highest BCUT2D eigenvalue weighted by Gasteiger charge is 2.12. The van der Waals surface area contributed by atoms with Gasteiger partial charge < -0.3 is 0 Å². The largest absolute Gasteiger partial charge is 0.280 e. The number of rotatable bonds is 5. The molecule has 0 aliphatic heterocycles. The van der Waals surface area contributed by atoms with Gasteiger partial charge in [-0.25, -0.2) is 9.97 Å². The number of aryl methyl sites for hydroxylation is 3. The van der Waals surface area contributed by atoms with Crippen molar-refractivity contribution in [2.75, 3.05) is 0 Å². The maximum Gasteiger partial charge on any atom is 0.280 e. The van der Waals surface area contributed by atoms with E-state index in [-0.39, 0.29) is 11.8 Å². The second-order valence-corrected chi connectivity index (χ2v) is 8.12. The maximum absolute atomic E-state index is 12.2. The van der Waals surface area contributed by atoms with Gasteiger partial charge in [0.1, 0.15) is 0 Å². The van der Waals surface area contributed by atoms with Crippen molar-refractivity contribution in [1.29, 1.82) is 0 Å². The molecule has 2 heterocycles. The smallest absolute Gasteiger partial charge is 0.267 e. The third kappa shape index (κ3) is 5.17. The van der Waals surface area contributed by atoms with Crippen LogP contribution in [0.5, 0.6) is 0 Å².